The van der Waals surface area contributed by atoms with Crippen LogP contribution in [0.5, 0.6) is 0 Å². The molecular weight excluding hydrogens is 187 g/mol. The minimum atomic E-state index is -3.19. The molecule has 1 atom stereocenters. The van der Waals surface area contributed by atoms with Crippen LogP contribution in [-0.4, -0.2) is 24.4 Å². The van der Waals surface area contributed by atoms with Crippen molar-refractivity contribution in [2.24, 2.45) is 0 Å². The van der Waals surface area contributed by atoms with Crippen molar-refractivity contribution in [2.75, 3.05) is 19.7 Å². The van der Waals surface area contributed by atoms with Crippen LogP contribution in [0.3, 0.4) is 0 Å². The molecule has 0 spiro atoms. The van der Waals surface area contributed by atoms with Crippen molar-refractivity contribution >= 4 is 7.52 Å². The third-order valence-electron chi connectivity index (χ3n) is 1.65. The van der Waals surface area contributed by atoms with Gasteiger partial charge in [0, 0.05) is 13.1 Å². The molecule has 0 aromatic rings. The minimum absolute atomic E-state index is 0.311. The second kappa shape index (κ2) is 6.15. The highest BCUT2D eigenvalue weighted by atomic mass is 31.2. The molecule has 0 aromatic carbocycles. The molecule has 4 nitrogen and oxygen atoms in total. The lowest BCUT2D eigenvalue weighted by molar-refractivity contribution is 0.283. The SMILES string of the molecule is CCCN(CC)P(=O)(C#N)OCC. The molecule has 76 valence electrons. The normalized spacial score (nSPS) is 15.3. The number of nitrogens with zero attached hydrogens (tertiary/aromatic N) is 2. The Morgan fingerprint density at radius 1 is 1.46 bits per heavy atom. The highest BCUT2D eigenvalue weighted by Gasteiger charge is 2.29. The van der Waals surface area contributed by atoms with E-state index in [0.29, 0.717) is 19.7 Å². The average Bonchev–Trinajstić information content (AvgIpc) is 2.14. The van der Waals surface area contributed by atoms with Crippen LogP contribution in [0.1, 0.15) is 27.2 Å². The summed E-state index contributed by atoms with van der Waals surface area (Å²) < 4.78 is 18.5. The van der Waals surface area contributed by atoms with Crippen molar-refractivity contribution in [3.05, 3.63) is 0 Å². The van der Waals surface area contributed by atoms with Crippen molar-refractivity contribution < 1.29 is 9.09 Å². The van der Waals surface area contributed by atoms with E-state index in [4.69, 9.17) is 9.79 Å². The fraction of sp³-hybridized carbons (Fsp3) is 0.875. The quantitative estimate of drug-likeness (QED) is 0.623. The molecule has 0 aromatic heterocycles. The Hall–Kier alpha value is -0.360. The number of nitriles is 1. The monoisotopic (exact) mass is 204 g/mol. The van der Waals surface area contributed by atoms with Gasteiger partial charge in [0.25, 0.3) is 0 Å². The van der Waals surface area contributed by atoms with Crippen molar-refractivity contribution in [1.29, 1.82) is 5.26 Å². The molecule has 0 saturated carbocycles. The standard InChI is InChI=1S/C8H17N2O2P/c1-4-7-10(5-2)13(11,8-9)12-6-3/h4-7H2,1-3H3. The van der Waals surface area contributed by atoms with Gasteiger partial charge in [0.1, 0.15) is 0 Å². The lowest BCUT2D eigenvalue weighted by atomic mass is 10.5. The Labute approximate surface area is 80.0 Å². The van der Waals surface area contributed by atoms with Gasteiger partial charge in [-0.2, -0.15) is 5.26 Å². The van der Waals surface area contributed by atoms with Crippen LogP contribution >= 0.6 is 7.52 Å². The molecule has 0 saturated heterocycles. The van der Waals surface area contributed by atoms with Gasteiger partial charge in [-0.3, -0.25) is 4.57 Å². The van der Waals surface area contributed by atoms with Gasteiger partial charge < -0.3 is 4.52 Å². The van der Waals surface area contributed by atoms with Gasteiger partial charge in [0.05, 0.1) is 6.61 Å². The van der Waals surface area contributed by atoms with Gasteiger partial charge in [-0.05, 0) is 13.3 Å². The Balaban J connectivity index is 4.52. The van der Waals surface area contributed by atoms with E-state index in [0.717, 1.165) is 6.42 Å². The van der Waals surface area contributed by atoms with Crippen molar-refractivity contribution in [3.63, 3.8) is 0 Å². The van der Waals surface area contributed by atoms with Gasteiger partial charge in [-0.15, -0.1) is 0 Å². The summed E-state index contributed by atoms with van der Waals surface area (Å²) in [7, 11) is -3.19. The summed E-state index contributed by atoms with van der Waals surface area (Å²) >= 11 is 0. The summed E-state index contributed by atoms with van der Waals surface area (Å²) in [5.41, 5.74) is 0. The second-order valence-electron chi connectivity index (χ2n) is 2.58. The van der Waals surface area contributed by atoms with Crippen molar-refractivity contribution in [2.45, 2.75) is 27.2 Å². The van der Waals surface area contributed by atoms with Gasteiger partial charge in [0.15, 0.2) is 5.81 Å². The summed E-state index contributed by atoms with van der Waals surface area (Å²) in [6, 6.07) is 0. The van der Waals surface area contributed by atoms with Gasteiger partial charge >= 0.3 is 7.52 Å². The van der Waals surface area contributed by atoms with Gasteiger partial charge in [-0.1, -0.05) is 13.8 Å². The summed E-state index contributed by atoms with van der Waals surface area (Å²) in [6.45, 7) is 7.13. The van der Waals surface area contributed by atoms with Crippen LogP contribution in [0.2, 0.25) is 0 Å². The smallest absolute Gasteiger partial charge is 0.307 e. The first-order chi connectivity index (χ1) is 6.14. The number of rotatable bonds is 6. The topological polar surface area (TPSA) is 53.3 Å². The lowest BCUT2D eigenvalue weighted by Gasteiger charge is -2.23. The van der Waals surface area contributed by atoms with Crippen LogP contribution in [-0.2, 0) is 9.09 Å². The average molecular weight is 204 g/mol. The Kier molecular flexibility index (Phi) is 5.98. The molecule has 5 heteroatoms. The summed E-state index contributed by atoms with van der Waals surface area (Å²) in [4.78, 5) is 0. The van der Waals surface area contributed by atoms with E-state index in [2.05, 4.69) is 0 Å². The van der Waals surface area contributed by atoms with E-state index in [-0.39, 0.29) is 0 Å². The van der Waals surface area contributed by atoms with Crippen molar-refractivity contribution in [1.82, 2.24) is 4.67 Å². The van der Waals surface area contributed by atoms with Crippen molar-refractivity contribution in [3.8, 4) is 5.81 Å². The molecule has 13 heavy (non-hydrogen) atoms. The zero-order valence-electron chi connectivity index (χ0n) is 8.49. The van der Waals surface area contributed by atoms with Crippen LogP contribution in [0.25, 0.3) is 0 Å². The zero-order chi connectivity index (χ0) is 10.3. The Morgan fingerprint density at radius 2 is 2.08 bits per heavy atom. The van der Waals surface area contributed by atoms with E-state index in [1.807, 2.05) is 13.8 Å². The lowest BCUT2D eigenvalue weighted by Crippen LogP contribution is -2.21. The first-order valence-corrected chi connectivity index (χ1v) is 6.13. The molecule has 0 aliphatic carbocycles. The molecular formula is C8H17N2O2P. The maximum absolute atomic E-state index is 11.8. The molecule has 0 rings (SSSR count). The van der Waals surface area contributed by atoms with Gasteiger partial charge in [0.2, 0.25) is 0 Å². The Morgan fingerprint density at radius 3 is 2.38 bits per heavy atom. The minimum Gasteiger partial charge on any atom is -0.307 e. The number of hydrogen-bond acceptors (Lipinski definition) is 3. The highest BCUT2D eigenvalue weighted by Crippen LogP contribution is 2.49. The summed E-state index contributed by atoms with van der Waals surface area (Å²) in [6.07, 6.45) is 0.868. The first-order valence-electron chi connectivity index (χ1n) is 4.55. The molecule has 0 amide bonds. The van der Waals surface area contributed by atoms with Crippen LogP contribution in [0.15, 0.2) is 0 Å². The van der Waals surface area contributed by atoms with Gasteiger partial charge in [-0.25, -0.2) is 4.67 Å². The van der Waals surface area contributed by atoms with E-state index < -0.39 is 7.52 Å². The second-order valence-corrected chi connectivity index (χ2v) is 4.65. The molecule has 1 unspecified atom stereocenters. The summed E-state index contributed by atoms with van der Waals surface area (Å²) in [5, 5.41) is 8.76. The predicted octanol–water partition coefficient (Wildman–Crippen LogP) is 2.43. The van der Waals surface area contributed by atoms with E-state index in [9.17, 15) is 4.57 Å². The van der Waals surface area contributed by atoms with E-state index in [1.54, 1.807) is 17.4 Å². The van der Waals surface area contributed by atoms with Crippen LogP contribution < -0.4 is 0 Å². The third-order valence-corrected chi connectivity index (χ3v) is 3.74. The Bertz CT molecular complexity index is 225. The molecule has 0 fully saturated rings. The molecule has 0 aliphatic heterocycles. The van der Waals surface area contributed by atoms with E-state index in [1.165, 1.54) is 0 Å². The zero-order valence-corrected chi connectivity index (χ0v) is 9.38. The highest BCUT2D eigenvalue weighted by molar-refractivity contribution is 7.61. The fourth-order valence-corrected chi connectivity index (χ4v) is 2.62. The molecule has 0 aliphatic rings. The molecule has 0 heterocycles. The maximum atomic E-state index is 11.8. The predicted molar refractivity (Wildman–Crippen MR) is 52.4 cm³/mol. The number of hydrogen-bond donors (Lipinski definition) is 0. The summed E-state index contributed by atoms with van der Waals surface area (Å²) in [5.74, 6) is 1.77. The first kappa shape index (κ1) is 12.6. The largest absolute Gasteiger partial charge is 0.371 e. The molecule has 0 bridgehead atoms. The van der Waals surface area contributed by atoms with Crippen LogP contribution in [0.4, 0.5) is 0 Å². The fourth-order valence-electron chi connectivity index (χ4n) is 1.08. The molecule has 0 radical (unpaired) electrons. The maximum Gasteiger partial charge on any atom is 0.371 e. The third kappa shape index (κ3) is 3.48. The molecule has 0 N–H and O–H groups in total. The van der Waals surface area contributed by atoms with E-state index >= 15 is 0 Å². The van der Waals surface area contributed by atoms with Crippen LogP contribution in [0, 0.1) is 11.1 Å².